The molecule has 5 heterocycles. The van der Waals surface area contributed by atoms with Crippen LogP contribution in [0.25, 0.3) is 22.1 Å². The molecule has 0 aliphatic carbocycles. The topological polar surface area (TPSA) is 231 Å². The van der Waals surface area contributed by atoms with E-state index in [1.165, 1.54) is 23.1 Å². The van der Waals surface area contributed by atoms with E-state index in [2.05, 4.69) is 20.3 Å². The number of fused-ring (bicyclic) bond motifs is 2. The number of aryl methyl sites for hydroxylation is 4. The second kappa shape index (κ2) is 20.2. The smallest absolute Gasteiger partial charge is 0.269 e. The first-order chi connectivity index (χ1) is 31.2. The van der Waals surface area contributed by atoms with Crippen LogP contribution in [-0.2, 0) is 37.3 Å². The first-order valence-corrected chi connectivity index (χ1v) is 23.6. The molecule has 1 fully saturated rings. The zero-order chi connectivity index (χ0) is 46.5. The average molecular weight is 923 g/mol. The number of nitrogens with one attached hydrogen (secondary N) is 1. The molecule has 0 unspecified atom stereocenters. The number of carbonyl (C=O) groups is 5. The number of carbonyl (C=O) groups excluding carboxylic acids is 5. The first-order valence-electron chi connectivity index (χ1n) is 21.5. The predicted octanol–water partition coefficient (Wildman–Crippen LogP) is 5.02. The number of piperazine rings is 1. The lowest BCUT2D eigenvalue weighted by atomic mass is 10.1. The maximum Gasteiger partial charge on any atom is 0.269 e. The number of ether oxygens (including phenoxy) is 1. The van der Waals surface area contributed by atoms with Crippen LogP contribution in [0.2, 0.25) is 0 Å². The van der Waals surface area contributed by atoms with Crippen LogP contribution in [0.1, 0.15) is 90.3 Å². The number of rotatable bonds is 19. The molecule has 0 bridgehead atoms. The fourth-order valence-corrected chi connectivity index (χ4v) is 9.63. The molecule has 4 aromatic heterocycles. The highest BCUT2D eigenvalue weighted by molar-refractivity contribution is 7.98. The Labute approximate surface area is 384 Å². The van der Waals surface area contributed by atoms with Crippen molar-refractivity contribution in [3.05, 3.63) is 86.4 Å². The van der Waals surface area contributed by atoms with Gasteiger partial charge in [0.2, 0.25) is 23.7 Å². The van der Waals surface area contributed by atoms with Gasteiger partial charge in [0.05, 0.1) is 46.0 Å². The number of allylic oxidation sites excluding steroid dienone is 2. The number of anilines is 1. The summed E-state index contributed by atoms with van der Waals surface area (Å²) in [6.45, 7) is 14.1. The van der Waals surface area contributed by atoms with E-state index in [1.54, 1.807) is 41.9 Å². The monoisotopic (exact) mass is 922 g/mol. The summed E-state index contributed by atoms with van der Waals surface area (Å²) in [5.74, 6) is -0.589. The highest BCUT2D eigenvalue weighted by atomic mass is 32.2. The molecule has 4 amide bonds. The number of primary amides is 2. The highest BCUT2D eigenvalue weighted by Crippen LogP contribution is 2.33. The summed E-state index contributed by atoms with van der Waals surface area (Å²) < 4.78 is 11.9. The lowest BCUT2D eigenvalue weighted by Gasteiger charge is -2.34. The van der Waals surface area contributed by atoms with E-state index in [9.17, 15) is 24.0 Å². The standard InChI is InChI=1S/C45H54N12O6S2/c1-7-31-41(65-27(4)48-31)44(62)51-45-50-32-21-29(42(46)60)23-36(63-19-11-12-53-15-17-54(18-16-53)28(5)58)39(32)56(45)14-10-9-13-55-38(25-35(59)34-20-26(3)52-57(34)8-2)49-33-22-30(43(47)61)24-37(64-6)40(33)55/h9-10,20-24H,7-8,11-19,25H2,1-6H3,(H2,46,60)(H2,47,61)(H,50,51,62)/b10-9+. The number of amides is 4. The van der Waals surface area contributed by atoms with Crippen LogP contribution in [0, 0.1) is 13.8 Å². The number of imidazole rings is 2. The lowest BCUT2D eigenvalue weighted by molar-refractivity contribution is -0.130. The highest BCUT2D eigenvalue weighted by Gasteiger charge is 2.25. The Morgan fingerprint density at radius 1 is 0.877 bits per heavy atom. The number of aromatic nitrogens is 7. The summed E-state index contributed by atoms with van der Waals surface area (Å²) in [6, 6.07) is 8.33. The van der Waals surface area contributed by atoms with Crippen molar-refractivity contribution in [3.63, 3.8) is 0 Å². The number of nitrogens with zero attached hydrogens (tertiary/aromatic N) is 9. The van der Waals surface area contributed by atoms with E-state index in [1.807, 2.05) is 60.1 Å². The molecular formula is C45H54N12O6S2. The van der Waals surface area contributed by atoms with Gasteiger partial charge in [-0.1, -0.05) is 19.1 Å². The molecule has 0 spiro atoms. The summed E-state index contributed by atoms with van der Waals surface area (Å²) in [6.07, 6.45) is 6.97. The molecule has 0 saturated carbocycles. The van der Waals surface area contributed by atoms with Crippen molar-refractivity contribution in [1.29, 1.82) is 0 Å². The van der Waals surface area contributed by atoms with Gasteiger partial charge in [-0.2, -0.15) is 5.10 Å². The molecule has 1 saturated heterocycles. The van der Waals surface area contributed by atoms with E-state index in [0.29, 0.717) is 95.6 Å². The van der Waals surface area contributed by atoms with Gasteiger partial charge in [0.25, 0.3) is 5.91 Å². The maximum absolute atomic E-state index is 13.9. The summed E-state index contributed by atoms with van der Waals surface area (Å²) in [5, 5.41) is 8.24. The predicted molar refractivity (Wildman–Crippen MR) is 251 cm³/mol. The molecule has 6 aromatic rings. The summed E-state index contributed by atoms with van der Waals surface area (Å²) >= 11 is 2.74. The molecule has 7 rings (SSSR count). The average Bonchev–Trinajstić information content (AvgIpc) is 4.05. The van der Waals surface area contributed by atoms with Crippen LogP contribution >= 0.6 is 23.1 Å². The Morgan fingerprint density at radius 2 is 1.55 bits per heavy atom. The number of hydrogen-bond donors (Lipinski definition) is 3. The van der Waals surface area contributed by atoms with Crippen molar-refractivity contribution in [3.8, 4) is 5.75 Å². The van der Waals surface area contributed by atoms with E-state index in [-0.39, 0.29) is 42.1 Å². The van der Waals surface area contributed by atoms with E-state index in [4.69, 9.17) is 26.2 Å². The third-order valence-electron chi connectivity index (χ3n) is 11.3. The molecule has 2 aromatic carbocycles. The van der Waals surface area contributed by atoms with Gasteiger partial charge in [0, 0.05) is 75.3 Å². The molecule has 5 N–H and O–H groups in total. The van der Waals surface area contributed by atoms with Crippen molar-refractivity contribution >= 4 is 80.5 Å². The van der Waals surface area contributed by atoms with Crippen molar-refractivity contribution < 1.29 is 28.7 Å². The van der Waals surface area contributed by atoms with Crippen LogP contribution in [0.3, 0.4) is 0 Å². The fourth-order valence-electron chi connectivity index (χ4n) is 8.07. The minimum absolute atomic E-state index is 0.0238. The quantitative estimate of drug-likeness (QED) is 0.0421. The second-order valence-electron chi connectivity index (χ2n) is 15.7. The van der Waals surface area contributed by atoms with Crippen molar-refractivity contribution in [2.24, 2.45) is 11.5 Å². The van der Waals surface area contributed by atoms with Crippen LogP contribution in [0.15, 0.2) is 47.4 Å². The summed E-state index contributed by atoms with van der Waals surface area (Å²) in [7, 11) is 0. The summed E-state index contributed by atoms with van der Waals surface area (Å²) in [5.41, 5.74) is 16.1. The van der Waals surface area contributed by atoms with Crippen LogP contribution in [0.5, 0.6) is 5.75 Å². The fraction of sp³-hybridized carbons (Fsp3) is 0.400. The Morgan fingerprint density at radius 3 is 2.20 bits per heavy atom. The number of ketones is 1. The van der Waals surface area contributed by atoms with Crippen LogP contribution in [-0.4, -0.2) is 119 Å². The zero-order valence-corrected chi connectivity index (χ0v) is 39.1. The molecule has 20 heteroatoms. The van der Waals surface area contributed by atoms with Crippen molar-refractivity contribution in [2.75, 3.05) is 50.9 Å². The van der Waals surface area contributed by atoms with Gasteiger partial charge in [-0.3, -0.25) is 38.9 Å². The van der Waals surface area contributed by atoms with E-state index >= 15 is 0 Å². The molecule has 342 valence electrons. The van der Waals surface area contributed by atoms with Gasteiger partial charge in [-0.15, -0.1) is 23.1 Å². The van der Waals surface area contributed by atoms with Crippen molar-refractivity contribution in [1.82, 2.24) is 43.7 Å². The van der Waals surface area contributed by atoms with Gasteiger partial charge in [-0.25, -0.2) is 15.0 Å². The Balaban J connectivity index is 1.23. The van der Waals surface area contributed by atoms with Gasteiger partial charge < -0.3 is 30.2 Å². The Kier molecular flexibility index (Phi) is 14.5. The molecule has 18 nitrogen and oxygen atoms in total. The number of nitrogens with two attached hydrogens (primary N) is 2. The van der Waals surface area contributed by atoms with Gasteiger partial charge in [0.15, 0.2) is 5.78 Å². The molecule has 1 aliphatic heterocycles. The third-order valence-corrected chi connectivity index (χ3v) is 13.1. The number of Topliss-reactive ketones (excluding diaryl/α,β-unsaturated/α-hetero) is 1. The largest absolute Gasteiger partial charge is 0.491 e. The number of hydrogen-bond acceptors (Lipinski definition) is 13. The molecule has 1 aliphatic rings. The molecule has 0 atom stereocenters. The second-order valence-corrected chi connectivity index (χ2v) is 17.8. The summed E-state index contributed by atoms with van der Waals surface area (Å²) in [4.78, 5) is 84.1. The Hall–Kier alpha value is -6.38. The van der Waals surface area contributed by atoms with Crippen LogP contribution in [0.4, 0.5) is 5.95 Å². The minimum Gasteiger partial charge on any atom is -0.491 e. The SMILES string of the molecule is CCc1nc(C)sc1C(=O)Nc1nc2cc(C(N)=O)cc(OCCCN3CCN(C(C)=O)CC3)c2n1C/C=C/Cn1c(CC(=O)c2cc(C)nn2CC)nc2cc(C(N)=O)cc(SC)c21. The zero-order valence-electron chi connectivity index (χ0n) is 37.5. The molecule has 0 radical (unpaired) electrons. The van der Waals surface area contributed by atoms with Crippen molar-refractivity contribution in [2.45, 2.75) is 78.4 Å². The van der Waals surface area contributed by atoms with Gasteiger partial charge in [-0.05, 0) is 70.2 Å². The number of benzene rings is 2. The number of thioether (sulfide) groups is 1. The first kappa shape index (κ1) is 46.6. The van der Waals surface area contributed by atoms with Gasteiger partial charge >= 0.3 is 0 Å². The molecule has 65 heavy (non-hydrogen) atoms. The Bertz CT molecular complexity index is 2830. The van der Waals surface area contributed by atoms with Crippen LogP contribution < -0.4 is 21.5 Å². The normalized spacial score (nSPS) is 13.4. The lowest BCUT2D eigenvalue weighted by Crippen LogP contribution is -2.48. The minimum atomic E-state index is -0.656. The number of thiazole rings is 1. The third kappa shape index (κ3) is 10.3. The van der Waals surface area contributed by atoms with E-state index in [0.717, 1.165) is 40.7 Å². The van der Waals surface area contributed by atoms with E-state index < -0.39 is 11.8 Å². The van der Waals surface area contributed by atoms with Gasteiger partial charge in [0.1, 0.15) is 27.7 Å². The molecular weight excluding hydrogens is 869 g/mol. The maximum atomic E-state index is 13.9.